The smallest absolute Gasteiger partial charge is 0.272 e. The summed E-state index contributed by atoms with van der Waals surface area (Å²) in [7, 11) is 0. The molecule has 2 aromatic rings. The van der Waals surface area contributed by atoms with Gasteiger partial charge in [0.1, 0.15) is 5.69 Å². The van der Waals surface area contributed by atoms with Crippen LogP contribution in [0.4, 0.5) is 5.69 Å². The van der Waals surface area contributed by atoms with Crippen LogP contribution in [0.5, 0.6) is 0 Å². The number of halogens is 2. The summed E-state index contributed by atoms with van der Waals surface area (Å²) >= 11 is 9.49. The fraction of sp³-hybridized carbons (Fsp3) is 0.312. The van der Waals surface area contributed by atoms with Gasteiger partial charge in [0.15, 0.2) is 0 Å². The number of aryl methyl sites for hydroxylation is 2. The molecule has 0 fully saturated rings. The molecule has 0 aliphatic carbocycles. The van der Waals surface area contributed by atoms with Gasteiger partial charge in [0.05, 0.1) is 5.02 Å². The van der Waals surface area contributed by atoms with Gasteiger partial charge in [-0.25, -0.2) is 0 Å². The van der Waals surface area contributed by atoms with Gasteiger partial charge >= 0.3 is 0 Å². The maximum atomic E-state index is 12.5. The van der Waals surface area contributed by atoms with E-state index in [1.165, 1.54) is 0 Å². The van der Waals surface area contributed by atoms with E-state index in [9.17, 15) is 4.79 Å². The Hall–Kier alpha value is -1.26. The van der Waals surface area contributed by atoms with Crippen molar-refractivity contribution in [2.24, 2.45) is 0 Å². The predicted octanol–water partition coefficient (Wildman–Crippen LogP) is 5.35. The van der Waals surface area contributed by atoms with Crippen LogP contribution >= 0.6 is 27.5 Å². The number of hydrogen-bond acceptors (Lipinski definition) is 1. The van der Waals surface area contributed by atoms with E-state index < -0.39 is 0 Å². The number of nitrogens with one attached hydrogen (secondary N) is 1. The molecule has 1 N–H and O–H groups in total. The average molecular weight is 370 g/mol. The van der Waals surface area contributed by atoms with Crippen LogP contribution in [0.25, 0.3) is 0 Å². The second kappa shape index (κ2) is 6.24. The Bertz CT molecular complexity index is 669. The molecule has 0 spiro atoms. The van der Waals surface area contributed by atoms with Crippen molar-refractivity contribution in [3.8, 4) is 0 Å². The summed E-state index contributed by atoms with van der Waals surface area (Å²) in [6, 6.07) is 5.83. The van der Waals surface area contributed by atoms with Gasteiger partial charge in [0.25, 0.3) is 5.91 Å². The van der Waals surface area contributed by atoms with Crippen LogP contribution in [0, 0.1) is 13.8 Å². The molecule has 0 unspecified atom stereocenters. The maximum absolute atomic E-state index is 12.5. The summed E-state index contributed by atoms with van der Waals surface area (Å²) in [5, 5.41) is 3.56. The van der Waals surface area contributed by atoms with Crippen LogP contribution in [0.3, 0.4) is 0 Å². The summed E-state index contributed by atoms with van der Waals surface area (Å²) < 4.78 is 2.88. The summed E-state index contributed by atoms with van der Waals surface area (Å²) in [5.74, 6) is -0.149. The van der Waals surface area contributed by atoms with E-state index in [2.05, 4.69) is 21.2 Å². The van der Waals surface area contributed by atoms with Crippen LogP contribution in [-0.2, 0) is 0 Å². The first-order chi connectivity index (χ1) is 9.79. The molecule has 0 saturated heterocycles. The van der Waals surface area contributed by atoms with E-state index in [4.69, 9.17) is 11.6 Å². The minimum Gasteiger partial charge on any atom is -0.339 e. The van der Waals surface area contributed by atoms with Crippen LogP contribution in [0.15, 0.2) is 28.9 Å². The second-order valence-corrected chi connectivity index (χ2v) is 6.77. The van der Waals surface area contributed by atoms with Gasteiger partial charge in [0.2, 0.25) is 0 Å². The number of hydrogen-bond donors (Lipinski definition) is 1. The fourth-order valence-corrected chi connectivity index (χ4v) is 3.24. The molecule has 0 aliphatic rings. The Morgan fingerprint density at radius 2 is 1.81 bits per heavy atom. The molecule has 0 bridgehead atoms. The molecule has 0 radical (unpaired) electrons. The molecule has 5 heteroatoms. The number of aromatic nitrogens is 1. The lowest BCUT2D eigenvalue weighted by Gasteiger charge is -2.15. The van der Waals surface area contributed by atoms with Gasteiger partial charge in [-0.15, -0.1) is 0 Å². The number of carbonyl (C=O) groups is 1. The Morgan fingerprint density at radius 1 is 1.24 bits per heavy atom. The molecule has 0 atom stereocenters. The molecule has 21 heavy (non-hydrogen) atoms. The first-order valence-electron chi connectivity index (χ1n) is 6.75. The van der Waals surface area contributed by atoms with Crippen LogP contribution in [-0.4, -0.2) is 10.5 Å². The molecule has 1 amide bonds. The van der Waals surface area contributed by atoms with Gasteiger partial charge in [-0.1, -0.05) is 27.5 Å². The van der Waals surface area contributed by atoms with Crippen molar-refractivity contribution in [3.05, 3.63) is 50.7 Å². The summed E-state index contributed by atoms with van der Waals surface area (Å²) in [6.07, 6.45) is 1.78. The van der Waals surface area contributed by atoms with Gasteiger partial charge in [-0.05, 0) is 57.0 Å². The standard InChI is InChI=1S/C16H18BrClN2O/c1-9(2)20-8-13(18)7-14(20)16(21)19-15-10(3)5-12(17)6-11(15)4/h5-9H,1-4H3,(H,19,21). The van der Waals surface area contributed by atoms with E-state index in [1.807, 2.05) is 44.4 Å². The van der Waals surface area contributed by atoms with Crippen molar-refractivity contribution in [3.63, 3.8) is 0 Å². The molecule has 3 nitrogen and oxygen atoms in total. The lowest BCUT2D eigenvalue weighted by atomic mass is 10.1. The van der Waals surface area contributed by atoms with Crippen LogP contribution in [0.2, 0.25) is 5.02 Å². The topological polar surface area (TPSA) is 34.0 Å². The zero-order valence-electron chi connectivity index (χ0n) is 12.5. The lowest BCUT2D eigenvalue weighted by Crippen LogP contribution is -2.18. The molecular formula is C16H18BrClN2O. The van der Waals surface area contributed by atoms with Gasteiger partial charge in [0, 0.05) is 22.4 Å². The molecule has 0 saturated carbocycles. The number of benzene rings is 1. The van der Waals surface area contributed by atoms with Crippen molar-refractivity contribution in [1.82, 2.24) is 4.57 Å². The highest BCUT2D eigenvalue weighted by atomic mass is 79.9. The highest BCUT2D eigenvalue weighted by molar-refractivity contribution is 9.10. The maximum Gasteiger partial charge on any atom is 0.272 e. The van der Waals surface area contributed by atoms with E-state index >= 15 is 0 Å². The minimum atomic E-state index is -0.149. The Kier molecular flexibility index (Phi) is 4.79. The van der Waals surface area contributed by atoms with E-state index in [-0.39, 0.29) is 11.9 Å². The normalized spacial score (nSPS) is 11.0. The van der Waals surface area contributed by atoms with Crippen molar-refractivity contribution < 1.29 is 4.79 Å². The van der Waals surface area contributed by atoms with Crippen molar-refractivity contribution in [2.45, 2.75) is 33.7 Å². The zero-order chi connectivity index (χ0) is 15.7. The highest BCUT2D eigenvalue weighted by Gasteiger charge is 2.17. The summed E-state index contributed by atoms with van der Waals surface area (Å²) in [5.41, 5.74) is 3.44. The fourth-order valence-electron chi connectivity index (χ4n) is 2.34. The SMILES string of the molecule is Cc1cc(Br)cc(C)c1NC(=O)c1cc(Cl)cn1C(C)C. The van der Waals surface area contributed by atoms with Crippen molar-refractivity contribution >= 4 is 39.1 Å². The third-order valence-corrected chi connectivity index (χ3v) is 4.00. The minimum absolute atomic E-state index is 0.149. The highest BCUT2D eigenvalue weighted by Crippen LogP contribution is 2.26. The van der Waals surface area contributed by atoms with Crippen molar-refractivity contribution in [1.29, 1.82) is 0 Å². The van der Waals surface area contributed by atoms with E-state index in [0.717, 1.165) is 21.3 Å². The second-order valence-electron chi connectivity index (χ2n) is 5.41. The first kappa shape index (κ1) is 16.1. The lowest BCUT2D eigenvalue weighted by molar-refractivity contribution is 0.101. The number of nitrogens with zero attached hydrogens (tertiary/aromatic N) is 1. The number of rotatable bonds is 3. The summed E-state index contributed by atoms with van der Waals surface area (Å²) in [4.78, 5) is 12.5. The largest absolute Gasteiger partial charge is 0.339 e. The molecular weight excluding hydrogens is 352 g/mol. The number of anilines is 1. The molecule has 2 rings (SSSR count). The van der Waals surface area contributed by atoms with Gasteiger partial charge in [-0.2, -0.15) is 0 Å². The Morgan fingerprint density at radius 3 is 2.33 bits per heavy atom. The third kappa shape index (κ3) is 3.50. The number of carbonyl (C=O) groups excluding carboxylic acids is 1. The van der Waals surface area contributed by atoms with E-state index in [1.54, 1.807) is 12.3 Å². The zero-order valence-corrected chi connectivity index (χ0v) is 14.8. The van der Waals surface area contributed by atoms with Crippen LogP contribution < -0.4 is 5.32 Å². The Balaban J connectivity index is 2.35. The monoisotopic (exact) mass is 368 g/mol. The number of amides is 1. The first-order valence-corrected chi connectivity index (χ1v) is 7.92. The van der Waals surface area contributed by atoms with Crippen LogP contribution in [0.1, 0.15) is 41.5 Å². The molecule has 1 heterocycles. The van der Waals surface area contributed by atoms with E-state index in [0.29, 0.717) is 10.7 Å². The summed E-state index contributed by atoms with van der Waals surface area (Å²) in [6.45, 7) is 7.98. The van der Waals surface area contributed by atoms with Gasteiger partial charge in [-0.3, -0.25) is 4.79 Å². The molecule has 1 aromatic heterocycles. The quantitative estimate of drug-likeness (QED) is 0.777. The molecule has 112 valence electrons. The van der Waals surface area contributed by atoms with Crippen molar-refractivity contribution in [2.75, 3.05) is 5.32 Å². The molecule has 1 aromatic carbocycles. The molecule has 0 aliphatic heterocycles. The third-order valence-electron chi connectivity index (χ3n) is 3.34. The predicted molar refractivity (Wildman–Crippen MR) is 91.4 cm³/mol. The Labute approximate surface area is 138 Å². The average Bonchev–Trinajstić information content (AvgIpc) is 2.76. The van der Waals surface area contributed by atoms with Gasteiger partial charge < -0.3 is 9.88 Å².